The number of nitrogens with one attached hydrogen (secondary N) is 1. The standard InChI is InChI=1S/C24H25N3O4/c1-15(2)16-5-9-18(10-6-16)24(3)22(28)27(23(29)26-24)13-19-14-31-21(25-19)17-7-11-20(30-4)12-8-17/h5-12,14-15H,13H2,1-4H3,(H,26,29). The van der Waals surface area contributed by atoms with Gasteiger partial charge < -0.3 is 14.5 Å². The van der Waals surface area contributed by atoms with Crippen LogP contribution in [-0.2, 0) is 16.9 Å². The maximum Gasteiger partial charge on any atom is 0.325 e. The fourth-order valence-corrected chi connectivity index (χ4v) is 3.65. The number of carbonyl (C=O) groups excluding carboxylic acids is 2. The molecule has 1 N–H and O–H groups in total. The van der Waals surface area contributed by atoms with Crippen molar-refractivity contribution in [1.29, 1.82) is 0 Å². The molecule has 3 aromatic rings. The summed E-state index contributed by atoms with van der Waals surface area (Å²) < 4.78 is 10.7. The highest BCUT2D eigenvalue weighted by Gasteiger charge is 2.49. The minimum absolute atomic E-state index is 0.0317. The van der Waals surface area contributed by atoms with Crippen molar-refractivity contribution in [2.75, 3.05) is 7.11 Å². The van der Waals surface area contributed by atoms with Crippen molar-refractivity contribution in [3.63, 3.8) is 0 Å². The van der Waals surface area contributed by atoms with Gasteiger partial charge in [0.1, 0.15) is 17.6 Å². The molecule has 3 amide bonds. The first-order valence-corrected chi connectivity index (χ1v) is 10.1. The topological polar surface area (TPSA) is 84.7 Å². The third-order valence-corrected chi connectivity index (χ3v) is 5.64. The Kier molecular flexibility index (Phi) is 5.27. The van der Waals surface area contributed by atoms with Crippen molar-refractivity contribution in [2.45, 2.75) is 38.8 Å². The number of oxazole rings is 1. The van der Waals surface area contributed by atoms with E-state index in [0.717, 1.165) is 16.9 Å². The zero-order chi connectivity index (χ0) is 22.2. The number of nitrogens with zero attached hydrogens (tertiary/aromatic N) is 2. The fraction of sp³-hybridized carbons (Fsp3) is 0.292. The lowest BCUT2D eigenvalue weighted by molar-refractivity contribution is -0.131. The minimum Gasteiger partial charge on any atom is -0.497 e. The van der Waals surface area contributed by atoms with E-state index >= 15 is 0 Å². The van der Waals surface area contributed by atoms with Crippen LogP contribution < -0.4 is 10.1 Å². The van der Waals surface area contributed by atoms with E-state index in [9.17, 15) is 9.59 Å². The van der Waals surface area contributed by atoms with Crippen LogP contribution in [0.15, 0.2) is 59.2 Å². The molecule has 4 rings (SSSR count). The summed E-state index contributed by atoms with van der Waals surface area (Å²) in [4.78, 5) is 31.4. The maximum absolute atomic E-state index is 13.2. The van der Waals surface area contributed by atoms with Gasteiger partial charge in [-0.1, -0.05) is 38.1 Å². The Morgan fingerprint density at radius 3 is 2.39 bits per heavy atom. The average Bonchev–Trinajstić information content (AvgIpc) is 3.33. The number of urea groups is 1. The number of ether oxygens (including phenoxy) is 1. The summed E-state index contributed by atoms with van der Waals surface area (Å²) in [5.74, 6) is 1.22. The molecule has 1 atom stereocenters. The first-order valence-electron chi connectivity index (χ1n) is 10.1. The molecule has 7 heteroatoms. The summed E-state index contributed by atoms with van der Waals surface area (Å²) in [5, 5.41) is 2.83. The van der Waals surface area contributed by atoms with Gasteiger partial charge in [0.15, 0.2) is 0 Å². The second-order valence-corrected chi connectivity index (χ2v) is 8.10. The number of rotatable bonds is 6. The summed E-state index contributed by atoms with van der Waals surface area (Å²) in [6.45, 7) is 5.98. The van der Waals surface area contributed by atoms with E-state index < -0.39 is 11.6 Å². The van der Waals surface area contributed by atoms with Crippen molar-refractivity contribution < 1.29 is 18.7 Å². The Morgan fingerprint density at radius 1 is 1.10 bits per heavy atom. The van der Waals surface area contributed by atoms with E-state index in [1.54, 1.807) is 14.0 Å². The lowest BCUT2D eigenvalue weighted by atomic mass is 9.90. The van der Waals surface area contributed by atoms with Gasteiger partial charge >= 0.3 is 6.03 Å². The molecule has 1 aliphatic heterocycles. The van der Waals surface area contributed by atoms with Gasteiger partial charge in [-0.2, -0.15) is 0 Å². The van der Waals surface area contributed by atoms with Gasteiger partial charge in [0.05, 0.1) is 19.3 Å². The predicted octanol–water partition coefficient (Wildman–Crippen LogP) is 4.44. The van der Waals surface area contributed by atoms with E-state index in [0.29, 0.717) is 17.5 Å². The van der Waals surface area contributed by atoms with Crippen LogP contribution in [0, 0.1) is 0 Å². The molecule has 1 saturated heterocycles. The van der Waals surface area contributed by atoms with Gasteiger partial charge in [-0.25, -0.2) is 9.78 Å². The minimum atomic E-state index is -1.12. The van der Waals surface area contributed by atoms with E-state index in [1.165, 1.54) is 16.7 Å². The third-order valence-electron chi connectivity index (χ3n) is 5.64. The molecular formula is C24H25N3O4. The molecular weight excluding hydrogens is 394 g/mol. The molecule has 0 bridgehead atoms. The van der Waals surface area contributed by atoms with Gasteiger partial charge in [-0.05, 0) is 48.2 Å². The van der Waals surface area contributed by atoms with Crippen LogP contribution in [0.3, 0.4) is 0 Å². The Bertz CT molecular complexity index is 1100. The van der Waals surface area contributed by atoms with Crippen LogP contribution in [0.4, 0.5) is 4.79 Å². The van der Waals surface area contributed by atoms with Crippen molar-refractivity contribution in [3.8, 4) is 17.2 Å². The molecule has 160 valence electrons. The van der Waals surface area contributed by atoms with Crippen LogP contribution in [0.25, 0.3) is 11.5 Å². The molecule has 0 radical (unpaired) electrons. The lowest BCUT2D eigenvalue weighted by Crippen LogP contribution is -2.40. The van der Waals surface area contributed by atoms with E-state index in [2.05, 4.69) is 24.1 Å². The number of carbonyl (C=O) groups is 2. The van der Waals surface area contributed by atoms with Crippen molar-refractivity contribution in [2.24, 2.45) is 0 Å². The number of methoxy groups -OCH3 is 1. The predicted molar refractivity (Wildman–Crippen MR) is 115 cm³/mol. The SMILES string of the molecule is COc1ccc(-c2nc(CN3C(=O)NC(C)(c4ccc(C(C)C)cc4)C3=O)co2)cc1. The molecule has 1 aromatic heterocycles. The molecule has 1 fully saturated rings. The van der Waals surface area contributed by atoms with Crippen molar-refractivity contribution in [1.82, 2.24) is 15.2 Å². The maximum atomic E-state index is 13.2. The average molecular weight is 419 g/mol. The van der Waals surface area contributed by atoms with E-state index in [4.69, 9.17) is 9.15 Å². The zero-order valence-corrected chi connectivity index (χ0v) is 18.0. The second-order valence-electron chi connectivity index (χ2n) is 8.10. The zero-order valence-electron chi connectivity index (χ0n) is 18.0. The van der Waals surface area contributed by atoms with Crippen molar-refractivity contribution in [3.05, 3.63) is 71.6 Å². The fourth-order valence-electron chi connectivity index (χ4n) is 3.65. The smallest absolute Gasteiger partial charge is 0.325 e. The molecule has 0 aliphatic carbocycles. The molecule has 2 heterocycles. The molecule has 31 heavy (non-hydrogen) atoms. The van der Waals surface area contributed by atoms with Gasteiger partial charge in [0.2, 0.25) is 5.89 Å². The van der Waals surface area contributed by atoms with Crippen LogP contribution in [-0.4, -0.2) is 28.9 Å². The number of benzene rings is 2. The summed E-state index contributed by atoms with van der Waals surface area (Å²) in [7, 11) is 1.60. The quantitative estimate of drug-likeness (QED) is 0.597. The summed E-state index contributed by atoms with van der Waals surface area (Å²) in [6.07, 6.45) is 1.47. The van der Waals surface area contributed by atoms with E-state index in [-0.39, 0.29) is 12.5 Å². The molecule has 0 spiro atoms. The van der Waals surface area contributed by atoms with Crippen molar-refractivity contribution >= 4 is 11.9 Å². The molecule has 0 saturated carbocycles. The van der Waals surface area contributed by atoms with Crippen LogP contribution in [0.2, 0.25) is 0 Å². The highest BCUT2D eigenvalue weighted by molar-refractivity contribution is 6.07. The van der Waals surface area contributed by atoms with Gasteiger partial charge in [-0.3, -0.25) is 9.69 Å². The molecule has 7 nitrogen and oxygen atoms in total. The number of aromatic nitrogens is 1. The summed E-state index contributed by atoms with van der Waals surface area (Å²) >= 11 is 0. The first kappa shape index (κ1) is 20.7. The summed E-state index contributed by atoms with van der Waals surface area (Å²) in [5.41, 5.74) is 2.08. The largest absolute Gasteiger partial charge is 0.497 e. The van der Waals surface area contributed by atoms with E-state index in [1.807, 2.05) is 48.5 Å². The van der Waals surface area contributed by atoms with Gasteiger partial charge in [-0.15, -0.1) is 0 Å². The number of hydrogen-bond acceptors (Lipinski definition) is 5. The van der Waals surface area contributed by atoms with Crippen LogP contribution in [0.5, 0.6) is 5.75 Å². The Hall–Kier alpha value is -3.61. The van der Waals surface area contributed by atoms with Crippen LogP contribution in [0.1, 0.15) is 43.5 Å². The highest BCUT2D eigenvalue weighted by atomic mass is 16.5. The Balaban J connectivity index is 1.52. The second kappa shape index (κ2) is 7.91. The summed E-state index contributed by atoms with van der Waals surface area (Å²) in [6, 6.07) is 14.6. The number of imide groups is 1. The number of amides is 3. The number of hydrogen-bond donors (Lipinski definition) is 1. The molecule has 2 aromatic carbocycles. The molecule has 1 unspecified atom stereocenters. The molecule has 1 aliphatic rings. The highest BCUT2D eigenvalue weighted by Crippen LogP contribution is 2.31. The third kappa shape index (κ3) is 3.79. The normalized spacial score (nSPS) is 18.5. The monoisotopic (exact) mass is 419 g/mol. The van der Waals surface area contributed by atoms with Gasteiger partial charge in [0.25, 0.3) is 5.91 Å². The Morgan fingerprint density at radius 2 is 1.77 bits per heavy atom. The van der Waals surface area contributed by atoms with Gasteiger partial charge in [0, 0.05) is 5.56 Å². The first-order chi connectivity index (χ1) is 14.8. The Labute approximate surface area is 181 Å². The lowest BCUT2D eigenvalue weighted by Gasteiger charge is -2.22. The van der Waals surface area contributed by atoms with Crippen LogP contribution >= 0.6 is 0 Å².